The topological polar surface area (TPSA) is 49.0 Å². The summed E-state index contributed by atoms with van der Waals surface area (Å²) in [6.45, 7) is -11.1. The Kier molecular flexibility index (Phi) is 6.48. The van der Waals surface area contributed by atoms with Crippen LogP contribution in [0.1, 0.15) is 111 Å². The second-order valence-corrected chi connectivity index (χ2v) is 20.5. The van der Waals surface area contributed by atoms with Gasteiger partial charge < -0.3 is 9.15 Å². The van der Waals surface area contributed by atoms with Crippen LogP contribution in [0.4, 0.5) is 0 Å². The molecule has 0 spiro atoms. The van der Waals surface area contributed by atoms with Gasteiger partial charge in [-0.1, -0.05) is 175 Å². The zero-order valence-electron chi connectivity index (χ0n) is 66.2. The molecule has 0 bridgehead atoms. The van der Waals surface area contributed by atoms with Gasteiger partial charge in [-0.05, 0) is 152 Å². The number of fused-ring (bicyclic) bond motifs is 8. The first-order chi connectivity index (χ1) is 47.6. The summed E-state index contributed by atoms with van der Waals surface area (Å²) in [6, 6.07) is 38.2. The molecular formula is C72H60N4O2. The minimum Gasteiger partial charge on any atom is -0.458 e. The summed E-state index contributed by atoms with van der Waals surface area (Å²) in [5.74, 6) is 1.39. The van der Waals surface area contributed by atoms with E-state index in [4.69, 9.17) is 34.7 Å². The normalized spacial score (nSPS) is 20.6. The summed E-state index contributed by atoms with van der Waals surface area (Å²) in [5, 5.41) is 2.94. The maximum atomic E-state index is 10.4. The van der Waals surface area contributed by atoms with Crippen LogP contribution in [-0.4, -0.2) is 14.1 Å². The van der Waals surface area contributed by atoms with E-state index in [1.54, 1.807) is 53.2 Å². The lowest BCUT2D eigenvalue weighted by atomic mass is 9.63. The molecule has 6 nitrogen and oxygen atoms in total. The molecule has 13 aromatic rings. The van der Waals surface area contributed by atoms with E-state index >= 15 is 0 Å². The average Bonchev–Trinajstić information content (AvgIpc) is 1.29. The first-order valence-corrected chi connectivity index (χ1v) is 25.2. The van der Waals surface area contributed by atoms with E-state index in [0.29, 0.717) is 44.9 Å². The van der Waals surface area contributed by atoms with Gasteiger partial charge in [0.1, 0.15) is 28.5 Å². The van der Waals surface area contributed by atoms with E-state index in [1.807, 2.05) is 91.0 Å². The Labute approximate surface area is 489 Å². The standard InChI is InChI=1S/C72H60N4O2/c1-70(2,3)50-34-37-73-68(40-50)76-62-27-15-14-24-56(62)57-31-30-53(42-63(57)76)77-52-23-16-22-51(41-52)74-45-75(64-43-59-58-38-48(46-18-10-8-11-19-46)29-33-66(58)78-67(59)44-65(64)74)69-54(47-20-12-9-13-21-47)25-17-26-55(69)49-28-32-60-61(39-49)72(6,7)36-35-71(60,4)5/h8-34,37-44H,35-36H2,1-7H3/i4D3,5D3,6D3,7D3,9D,12D,13D,20D,21D,28D,32D,35D2,36D2,39D. The van der Waals surface area contributed by atoms with E-state index < -0.39 is 127 Å². The molecule has 380 valence electrons. The van der Waals surface area contributed by atoms with E-state index in [2.05, 4.69) is 37.7 Å². The maximum Gasteiger partial charge on any atom is 0.269 e. The molecule has 6 heteroatoms. The van der Waals surface area contributed by atoms with Crippen molar-refractivity contribution >= 4 is 54.8 Å². The lowest BCUT2D eigenvalue weighted by Crippen LogP contribution is -2.34. The van der Waals surface area contributed by atoms with Crippen LogP contribution >= 0.6 is 0 Å². The number of rotatable bonds is 8. The van der Waals surface area contributed by atoms with E-state index in [1.165, 1.54) is 22.8 Å². The maximum absolute atomic E-state index is 10.4. The summed E-state index contributed by atoms with van der Waals surface area (Å²) in [5.41, 5.74) is -9.32. The SMILES string of the molecule is [2H]c1c([2H])c([2H])c(-c2cccc(-c3c([2H])c([2H])c4c(c3[2H])C(C([2H])([2H])[2H])(C([2H])([2H])[2H])C([2H])([2H])C([2H])([2H])C4(C([2H])([2H])[2H])C([2H])([2H])[2H])c2-[n+]2[c-]n(-c3cccc(Oc4ccc5c6ccccc6n(-c6cc(C(C)(C)C)ccn6)c5c4)c3)c3cc4oc5ccc(-c6ccccc6)cc5c4cc32)c([2H])c1[2H]. The van der Waals surface area contributed by atoms with Crippen molar-refractivity contribution in [2.45, 2.75) is 77.2 Å². The van der Waals surface area contributed by atoms with Gasteiger partial charge in [-0.25, -0.2) is 4.98 Å². The second-order valence-electron chi connectivity index (χ2n) is 20.5. The lowest BCUT2D eigenvalue weighted by Gasteiger charge is -2.42. The highest BCUT2D eigenvalue weighted by atomic mass is 16.5. The molecule has 4 heterocycles. The third-order valence-corrected chi connectivity index (χ3v) is 14.5. The minimum atomic E-state index is -4.65. The fourth-order valence-corrected chi connectivity index (χ4v) is 10.6. The van der Waals surface area contributed by atoms with Crippen LogP contribution in [-0.2, 0) is 16.2 Å². The Morgan fingerprint density at radius 3 is 2.17 bits per heavy atom. The van der Waals surface area contributed by atoms with Gasteiger partial charge in [-0.3, -0.25) is 13.7 Å². The van der Waals surface area contributed by atoms with Gasteiger partial charge in [0.15, 0.2) is 0 Å². The summed E-state index contributed by atoms with van der Waals surface area (Å²) in [6.07, 6.45) is -4.12. The molecule has 9 aromatic carbocycles. The smallest absolute Gasteiger partial charge is 0.269 e. The zero-order valence-corrected chi connectivity index (χ0v) is 42.2. The number of hydrogen-bond donors (Lipinski definition) is 0. The Hall–Kier alpha value is -9.00. The molecule has 78 heavy (non-hydrogen) atoms. The molecule has 0 radical (unpaired) electrons. The summed E-state index contributed by atoms with van der Waals surface area (Å²) in [4.78, 5) is 4.83. The zero-order chi connectivity index (χ0) is 73.6. The number of pyridine rings is 1. The summed E-state index contributed by atoms with van der Waals surface area (Å²) in [7, 11) is 0. The summed E-state index contributed by atoms with van der Waals surface area (Å²) < 4.78 is 240. The van der Waals surface area contributed by atoms with Crippen molar-refractivity contribution in [1.82, 2.24) is 14.1 Å². The predicted molar refractivity (Wildman–Crippen MR) is 320 cm³/mol. The second kappa shape index (κ2) is 17.8. The lowest BCUT2D eigenvalue weighted by molar-refractivity contribution is -0.571. The number of aromatic nitrogens is 4. The number of ether oxygens (including phenoxy) is 1. The van der Waals surface area contributed by atoms with Crippen LogP contribution in [0.2, 0.25) is 0 Å². The molecule has 0 saturated carbocycles. The van der Waals surface area contributed by atoms with Crippen LogP contribution < -0.4 is 9.30 Å². The number of benzene rings is 9. The van der Waals surface area contributed by atoms with Crippen molar-refractivity contribution in [1.29, 1.82) is 0 Å². The van der Waals surface area contributed by atoms with Gasteiger partial charge in [-0.15, -0.1) is 0 Å². The molecule has 14 rings (SSSR count). The Bertz CT molecular complexity index is 5620. The van der Waals surface area contributed by atoms with Crippen molar-refractivity contribution in [2.24, 2.45) is 0 Å². The molecule has 1 aliphatic rings. The van der Waals surface area contributed by atoms with Crippen molar-refractivity contribution in [3.63, 3.8) is 0 Å². The highest BCUT2D eigenvalue weighted by Gasteiger charge is 2.37. The number of furan rings is 1. The molecule has 0 amide bonds. The quantitative estimate of drug-likeness (QED) is 0.113. The van der Waals surface area contributed by atoms with Crippen LogP contribution in [0.3, 0.4) is 0 Å². The van der Waals surface area contributed by atoms with E-state index in [0.717, 1.165) is 38.5 Å². The fourth-order valence-electron chi connectivity index (χ4n) is 10.6. The number of hydrogen-bond acceptors (Lipinski definition) is 3. The molecule has 0 saturated heterocycles. The van der Waals surface area contributed by atoms with Gasteiger partial charge in [0, 0.05) is 55.7 Å². The van der Waals surface area contributed by atoms with Crippen molar-refractivity contribution in [3.05, 3.63) is 235 Å². The highest BCUT2D eigenvalue weighted by molar-refractivity contribution is 6.11. The fraction of sp³-hybridized carbons (Fsp3) is 0.167. The Balaban J connectivity index is 1.09. The molecule has 0 atom stereocenters. The van der Waals surface area contributed by atoms with Crippen molar-refractivity contribution in [2.75, 3.05) is 0 Å². The van der Waals surface area contributed by atoms with Crippen LogP contribution in [0.5, 0.6) is 11.5 Å². The van der Waals surface area contributed by atoms with Crippen LogP contribution in [0, 0.1) is 6.33 Å². The van der Waals surface area contributed by atoms with Gasteiger partial charge >= 0.3 is 0 Å². The third kappa shape index (κ3) is 7.92. The largest absolute Gasteiger partial charge is 0.458 e. The van der Waals surface area contributed by atoms with Gasteiger partial charge in [-0.2, -0.15) is 0 Å². The van der Waals surface area contributed by atoms with E-state index in [9.17, 15) is 12.3 Å². The number of imidazole rings is 1. The number of nitrogens with zero attached hydrogens (tertiary/aromatic N) is 4. The van der Waals surface area contributed by atoms with Gasteiger partial charge in [0.2, 0.25) is 0 Å². The molecule has 0 fully saturated rings. The molecule has 0 aliphatic heterocycles. The molecule has 4 aromatic heterocycles. The average molecular weight is 1040 g/mol. The Morgan fingerprint density at radius 2 is 1.35 bits per heavy atom. The molecular weight excluding hydrogens is 953 g/mol. The van der Waals surface area contributed by atoms with Crippen LogP contribution in [0.25, 0.3) is 105 Å². The minimum absolute atomic E-state index is 0.139. The molecule has 0 N–H and O–H groups in total. The Morgan fingerprint density at radius 1 is 0.603 bits per heavy atom. The predicted octanol–water partition coefficient (Wildman–Crippen LogP) is 18.5. The first kappa shape index (κ1) is 28.4. The van der Waals surface area contributed by atoms with Gasteiger partial charge in [0.05, 0.1) is 44.4 Å². The van der Waals surface area contributed by atoms with Crippen molar-refractivity contribution in [3.8, 4) is 62.1 Å². The van der Waals surface area contributed by atoms with Gasteiger partial charge in [0.25, 0.3) is 6.33 Å². The molecule has 1 aliphatic carbocycles. The highest BCUT2D eigenvalue weighted by Crippen LogP contribution is 2.48. The number of para-hydroxylation sites is 2. The first-order valence-electron chi connectivity index (χ1n) is 37.2. The third-order valence-electron chi connectivity index (χ3n) is 14.5. The summed E-state index contributed by atoms with van der Waals surface area (Å²) >= 11 is 0. The van der Waals surface area contributed by atoms with Crippen molar-refractivity contribution < 1.29 is 46.6 Å². The molecule has 0 unspecified atom stereocenters. The van der Waals surface area contributed by atoms with Crippen LogP contribution in [0.15, 0.2) is 217 Å². The monoisotopic (exact) mass is 1040 g/mol. The van der Waals surface area contributed by atoms with E-state index in [-0.39, 0.29) is 27.7 Å².